The first kappa shape index (κ1) is 26.3. The Labute approximate surface area is 218 Å². The van der Waals surface area contributed by atoms with Gasteiger partial charge >= 0.3 is 0 Å². The molecule has 2 heterocycles. The average molecular weight is 503 g/mol. The van der Waals surface area contributed by atoms with E-state index in [4.69, 9.17) is 4.98 Å². The number of aryl methyl sites for hydroxylation is 1. The van der Waals surface area contributed by atoms with Crippen LogP contribution in [-0.2, 0) is 11.2 Å². The van der Waals surface area contributed by atoms with Crippen molar-refractivity contribution >= 4 is 18.1 Å². The first-order valence-corrected chi connectivity index (χ1v) is 13.0. The van der Waals surface area contributed by atoms with Crippen molar-refractivity contribution in [3.8, 4) is 16.9 Å². The number of rotatable bonds is 12. The molecule has 2 aromatic carbocycles. The van der Waals surface area contributed by atoms with Crippen molar-refractivity contribution in [3.63, 3.8) is 0 Å². The van der Waals surface area contributed by atoms with Crippen molar-refractivity contribution in [1.29, 1.82) is 0 Å². The number of halogens is 1. The predicted octanol–water partition coefficient (Wildman–Crippen LogP) is 5.32. The Kier molecular flexibility index (Phi) is 9.18. The third-order valence-electron chi connectivity index (χ3n) is 6.39. The fraction of sp³-hybridized carbons (Fsp3) is 0.379. The molecule has 3 aromatic rings. The van der Waals surface area contributed by atoms with Crippen LogP contribution in [0, 0.1) is 12.7 Å². The quantitative estimate of drug-likeness (QED) is 0.340. The molecule has 1 aliphatic rings. The molecule has 0 aliphatic carbocycles. The van der Waals surface area contributed by atoms with Crippen LogP contribution in [0.25, 0.3) is 16.9 Å². The fourth-order valence-corrected chi connectivity index (χ4v) is 4.28. The van der Waals surface area contributed by atoms with Gasteiger partial charge in [-0.3, -0.25) is 9.79 Å². The van der Waals surface area contributed by atoms with Crippen LogP contribution in [-0.4, -0.2) is 52.3 Å². The van der Waals surface area contributed by atoms with Crippen molar-refractivity contribution in [1.82, 2.24) is 19.8 Å². The highest BCUT2D eigenvalue weighted by molar-refractivity contribution is 5.91. The summed E-state index contributed by atoms with van der Waals surface area (Å²) in [6.45, 7) is 6.44. The number of aromatic nitrogens is 2. The number of carbonyl (C=O) groups is 1. The molecule has 194 valence electrons. The van der Waals surface area contributed by atoms with Gasteiger partial charge in [-0.2, -0.15) is 0 Å². The van der Waals surface area contributed by atoms with Crippen molar-refractivity contribution in [2.24, 2.45) is 9.98 Å². The Morgan fingerprint density at radius 1 is 1.05 bits per heavy atom. The molecule has 0 radical (unpaired) electrons. The van der Waals surface area contributed by atoms with Crippen LogP contribution in [0.3, 0.4) is 0 Å². The second-order valence-corrected chi connectivity index (χ2v) is 9.35. The number of nitrogens with zero attached hydrogens (tertiary/aromatic N) is 5. The summed E-state index contributed by atoms with van der Waals surface area (Å²) in [6.07, 6.45) is 8.23. The molecule has 0 saturated heterocycles. The van der Waals surface area contributed by atoms with Crippen LogP contribution in [0.4, 0.5) is 4.39 Å². The molecule has 1 aliphatic heterocycles. The molecular weight excluding hydrogens is 467 g/mol. The lowest BCUT2D eigenvalue weighted by Crippen LogP contribution is -2.43. The number of carbonyl (C=O) groups excluding carboxylic acids is 1. The lowest BCUT2D eigenvalue weighted by atomic mass is 10.1. The first-order chi connectivity index (χ1) is 18.0. The number of ketones is 1. The monoisotopic (exact) mass is 502 g/mol. The number of imidazole rings is 1. The number of unbranched alkanes of at least 4 members (excludes halogenated alkanes) is 2. The maximum Gasteiger partial charge on any atom is 0.201 e. The third kappa shape index (κ3) is 7.35. The van der Waals surface area contributed by atoms with Crippen LogP contribution in [0.15, 0.2) is 64.7 Å². The van der Waals surface area contributed by atoms with Gasteiger partial charge in [0.2, 0.25) is 5.96 Å². The Hall–Kier alpha value is -3.81. The van der Waals surface area contributed by atoms with Crippen molar-refractivity contribution in [2.45, 2.75) is 52.4 Å². The van der Waals surface area contributed by atoms with Gasteiger partial charge in [0.05, 0.1) is 18.5 Å². The second-order valence-electron chi connectivity index (χ2n) is 9.35. The number of guanidine groups is 1. The van der Waals surface area contributed by atoms with Gasteiger partial charge in [0.1, 0.15) is 24.1 Å². The minimum Gasteiger partial charge on any atom is -0.343 e. The first-order valence-electron chi connectivity index (χ1n) is 13.0. The van der Waals surface area contributed by atoms with E-state index in [2.05, 4.69) is 27.1 Å². The molecule has 0 amide bonds. The van der Waals surface area contributed by atoms with E-state index in [-0.39, 0.29) is 18.0 Å². The van der Waals surface area contributed by atoms with Crippen molar-refractivity contribution in [3.05, 3.63) is 71.9 Å². The Balaban J connectivity index is 1.40. The molecule has 4 rings (SSSR count). The minimum absolute atomic E-state index is 0.143. The third-order valence-corrected chi connectivity index (χ3v) is 6.39. The summed E-state index contributed by atoms with van der Waals surface area (Å²) in [5.74, 6) is 1.37. The SMILES string of the molecule is CCCCN(CCCCC(=O)Cc1nc(-c2ccc(C)cc2)cn1-c1ccc(F)cc1)C1=NCN=CN1. The van der Waals surface area contributed by atoms with Crippen LogP contribution in [0.5, 0.6) is 0 Å². The zero-order chi connectivity index (χ0) is 26.0. The lowest BCUT2D eigenvalue weighted by Gasteiger charge is -2.26. The molecule has 8 heteroatoms. The van der Waals surface area contributed by atoms with Gasteiger partial charge in [-0.15, -0.1) is 0 Å². The molecule has 7 nitrogen and oxygen atoms in total. The fourth-order valence-electron chi connectivity index (χ4n) is 4.28. The zero-order valence-corrected chi connectivity index (χ0v) is 21.7. The summed E-state index contributed by atoms with van der Waals surface area (Å²) in [4.78, 5) is 28.6. The van der Waals surface area contributed by atoms with E-state index in [0.29, 0.717) is 18.9 Å². The Morgan fingerprint density at radius 2 is 1.81 bits per heavy atom. The largest absolute Gasteiger partial charge is 0.343 e. The topological polar surface area (TPSA) is 74.9 Å². The normalized spacial score (nSPS) is 12.8. The lowest BCUT2D eigenvalue weighted by molar-refractivity contribution is -0.118. The van der Waals surface area contributed by atoms with E-state index in [1.165, 1.54) is 17.7 Å². The number of nitrogens with one attached hydrogen (secondary N) is 1. The van der Waals surface area contributed by atoms with Gasteiger partial charge in [0.15, 0.2) is 0 Å². The molecule has 0 saturated carbocycles. The molecule has 0 fully saturated rings. The number of hydrogen-bond acceptors (Lipinski definition) is 6. The number of hydrogen-bond donors (Lipinski definition) is 1. The minimum atomic E-state index is -0.296. The molecule has 0 spiro atoms. The van der Waals surface area contributed by atoms with Crippen molar-refractivity contribution in [2.75, 3.05) is 19.8 Å². The molecule has 1 aromatic heterocycles. The highest BCUT2D eigenvalue weighted by Crippen LogP contribution is 2.23. The summed E-state index contributed by atoms with van der Waals surface area (Å²) in [6, 6.07) is 14.4. The van der Waals surface area contributed by atoms with Crippen molar-refractivity contribution < 1.29 is 9.18 Å². The van der Waals surface area contributed by atoms with Gasteiger partial charge < -0.3 is 14.8 Å². The molecule has 37 heavy (non-hydrogen) atoms. The van der Waals surface area contributed by atoms with Gasteiger partial charge in [0, 0.05) is 37.0 Å². The maximum absolute atomic E-state index is 13.5. The van der Waals surface area contributed by atoms with Gasteiger partial charge in [-0.1, -0.05) is 43.2 Å². The summed E-state index contributed by atoms with van der Waals surface area (Å²) in [5.41, 5.74) is 3.73. The van der Waals surface area contributed by atoms with E-state index in [9.17, 15) is 9.18 Å². The van der Waals surface area contributed by atoms with Crippen LogP contribution in [0.2, 0.25) is 0 Å². The summed E-state index contributed by atoms with van der Waals surface area (Å²) in [5, 5.41) is 3.14. The average Bonchev–Trinajstić information content (AvgIpc) is 3.33. The van der Waals surface area contributed by atoms with E-state index in [1.807, 2.05) is 42.0 Å². The predicted molar refractivity (Wildman–Crippen MR) is 147 cm³/mol. The zero-order valence-electron chi connectivity index (χ0n) is 21.7. The van der Waals surface area contributed by atoms with E-state index in [0.717, 1.165) is 61.7 Å². The van der Waals surface area contributed by atoms with Gasteiger partial charge in [-0.05, 0) is 50.5 Å². The number of aliphatic imine (C=N–C) groups is 2. The standard InChI is InChI=1S/C29H35FN6O/c1-3-4-16-35(29-32-20-31-21-33-29)17-6-5-7-26(37)18-28-34-27(23-10-8-22(2)9-11-23)19-36(28)25-14-12-24(30)13-15-25/h8-15,19-20H,3-7,16-18,21H2,1-2H3,(H,31,32,33). The highest BCUT2D eigenvalue weighted by Gasteiger charge is 2.16. The van der Waals surface area contributed by atoms with Gasteiger partial charge in [-0.25, -0.2) is 14.4 Å². The summed E-state index contributed by atoms with van der Waals surface area (Å²) in [7, 11) is 0. The molecule has 0 unspecified atom stereocenters. The highest BCUT2D eigenvalue weighted by atomic mass is 19.1. The molecule has 0 bridgehead atoms. The molecule has 1 N–H and O–H groups in total. The molecular formula is C29H35FN6O. The summed E-state index contributed by atoms with van der Waals surface area (Å²) < 4.78 is 15.4. The van der Waals surface area contributed by atoms with E-state index < -0.39 is 0 Å². The van der Waals surface area contributed by atoms with E-state index >= 15 is 0 Å². The van der Waals surface area contributed by atoms with Crippen LogP contribution < -0.4 is 5.32 Å². The van der Waals surface area contributed by atoms with Gasteiger partial charge in [0.25, 0.3) is 0 Å². The molecule has 0 atom stereocenters. The number of Topliss-reactive ketones (excluding diaryl/α,β-unsaturated/α-hetero) is 1. The van der Waals surface area contributed by atoms with E-state index in [1.54, 1.807) is 18.5 Å². The Morgan fingerprint density at radius 3 is 2.51 bits per heavy atom. The smallest absolute Gasteiger partial charge is 0.201 e. The Bertz CT molecular complexity index is 1230. The summed E-state index contributed by atoms with van der Waals surface area (Å²) >= 11 is 0. The number of benzene rings is 2. The second kappa shape index (κ2) is 12.9. The van der Waals surface area contributed by atoms with Crippen LogP contribution >= 0.6 is 0 Å². The van der Waals surface area contributed by atoms with Crippen LogP contribution in [0.1, 0.15) is 50.4 Å². The maximum atomic E-state index is 13.5.